The second-order valence-corrected chi connectivity index (χ2v) is 10.6. The molecular formula is C24H21ClN4O5S2. The van der Waals surface area contributed by atoms with Crippen molar-refractivity contribution in [3.8, 4) is 22.1 Å². The molecule has 0 unspecified atom stereocenters. The summed E-state index contributed by atoms with van der Waals surface area (Å²) in [5.74, 6) is 0.198. The summed E-state index contributed by atoms with van der Waals surface area (Å²) in [5.41, 5.74) is 1.00. The summed E-state index contributed by atoms with van der Waals surface area (Å²) in [4.78, 5) is 13.0. The van der Waals surface area contributed by atoms with Crippen molar-refractivity contribution in [2.24, 2.45) is 0 Å². The third-order valence-electron chi connectivity index (χ3n) is 5.05. The van der Waals surface area contributed by atoms with Crippen molar-refractivity contribution in [1.82, 2.24) is 10.2 Å². The van der Waals surface area contributed by atoms with Gasteiger partial charge in [0.05, 0.1) is 24.8 Å². The van der Waals surface area contributed by atoms with E-state index in [-0.39, 0.29) is 15.7 Å². The highest BCUT2D eigenvalue weighted by molar-refractivity contribution is 7.92. The van der Waals surface area contributed by atoms with Crippen molar-refractivity contribution in [2.45, 2.75) is 4.90 Å². The molecule has 12 heteroatoms. The summed E-state index contributed by atoms with van der Waals surface area (Å²) in [6, 6.07) is 19.5. The fraction of sp³-hybridized carbons (Fsp3) is 0.125. The number of rotatable bonds is 9. The van der Waals surface area contributed by atoms with Gasteiger partial charge in [-0.3, -0.25) is 14.4 Å². The minimum atomic E-state index is -4.15. The van der Waals surface area contributed by atoms with Gasteiger partial charge in [-0.2, -0.15) is 0 Å². The van der Waals surface area contributed by atoms with Gasteiger partial charge in [0.1, 0.15) is 23.1 Å². The molecule has 1 heterocycles. The van der Waals surface area contributed by atoms with Gasteiger partial charge in [-0.15, -0.1) is 10.2 Å². The highest BCUT2D eigenvalue weighted by atomic mass is 35.5. The van der Waals surface area contributed by atoms with Crippen LogP contribution in [0.3, 0.4) is 0 Å². The monoisotopic (exact) mass is 544 g/mol. The summed E-state index contributed by atoms with van der Waals surface area (Å²) >= 11 is 7.09. The lowest BCUT2D eigenvalue weighted by Gasteiger charge is -2.25. The summed E-state index contributed by atoms with van der Waals surface area (Å²) < 4.78 is 38.7. The van der Waals surface area contributed by atoms with Gasteiger partial charge in [0.25, 0.3) is 10.0 Å². The Hall–Kier alpha value is -3.67. The molecule has 0 fully saturated rings. The van der Waals surface area contributed by atoms with Crippen molar-refractivity contribution in [2.75, 3.05) is 30.4 Å². The van der Waals surface area contributed by atoms with E-state index in [1.165, 1.54) is 38.5 Å². The molecule has 0 radical (unpaired) electrons. The van der Waals surface area contributed by atoms with Crippen LogP contribution in [0.1, 0.15) is 0 Å². The van der Waals surface area contributed by atoms with E-state index in [4.69, 9.17) is 21.1 Å². The Labute approximate surface area is 217 Å². The predicted molar refractivity (Wildman–Crippen MR) is 140 cm³/mol. The molecule has 3 aromatic carbocycles. The molecule has 0 bridgehead atoms. The van der Waals surface area contributed by atoms with Gasteiger partial charge >= 0.3 is 0 Å². The summed E-state index contributed by atoms with van der Waals surface area (Å²) in [6.45, 7) is -0.523. The van der Waals surface area contributed by atoms with Crippen LogP contribution in [-0.2, 0) is 14.8 Å². The number of halogens is 1. The van der Waals surface area contributed by atoms with Crippen LogP contribution < -0.4 is 19.1 Å². The van der Waals surface area contributed by atoms with E-state index in [0.717, 1.165) is 21.2 Å². The van der Waals surface area contributed by atoms with Gasteiger partial charge in [0, 0.05) is 10.6 Å². The number of benzene rings is 3. The average Bonchev–Trinajstić information content (AvgIpc) is 3.36. The first-order valence-electron chi connectivity index (χ1n) is 10.5. The fourth-order valence-corrected chi connectivity index (χ4v) is 5.61. The Morgan fingerprint density at radius 1 is 0.972 bits per heavy atom. The molecule has 186 valence electrons. The molecule has 0 saturated heterocycles. The Morgan fingerprint density at radius 3 is 2.33 bits per heavy atom. The number of para-hydroxylation sites is 2. The molecular weight excluding hydrogens is 524 g/mol. The Morgan fingerprint density at radius 2 is 1.67 bits per heavy atom. The molecule has 0 saturated carbocycles. The zero-order valence-corrected chi connectivity index (χ0v) is 21.6. The first-order valence-corrected chi connectivity index (χ1v) is 13.1. The number of methoxy groups -OCH3 is 2. The minimum absolute atomic E-state index is 0.0112. The quantitative estimate of drug-likeness (QED) is 0.325. The van der Waals surface area contributed by atoms with E-state index >= 15 is 0 Å². The number of aromatic nitrogens is 2. The maximum absolute atomic E-state index is 13.6. The largest absolute Gasteiger partial charge is 0.497 e. The summed E-state index contributed by atoms with van der Waals surface area (Å²) in [6.07, 6.45) is 0. The van der Waals surface area contributed by atoms with E-state index in [9.17, 15) is 13.2 Å². The minimum Gasteiger partial charge on any atom is -0.497 e. The normalized spacial score (nSPS) is 11.1. The summed E-state index contributed by atoms with van der Waals surface area (Å²) in [5, 5.41) is 12.1. The van der Waals surface area contributed by atoms with E-state index < -0.39 is 22.5 Å². The number of hydrogen-bond donors (Lipinski definition) is 1. The molecule has 0 spiro atoms. The number of sulfonamides is 1. The molecule has 1 aromatic heterocycles. The molecule has 9 nitrogen and oxygen atoms in total. The summed E-state index contributed by atoms with van der Waals surface area (Å²) in [7, 11) is -1.23. The predicted octanol–water partition coefficient (Wildman–Crippen LogP) is 4.71. The van der Waals surface area contributed by atoms with E-state index in [1.807, 2.05) is 0 Å². The van der Waals surface area contributed by atoms with Crippen molar-refractivity contribution in [1.29, 1.82) is 0 Å². The Bertz CT molecular complexity index is 1460. The van der Waals surface area contributed by atoms with Crippen molar-refractivity contribution in [3.63, 3.8) is 0 Å². The lowest BCUT2D eigenvalue weighted by atomic mass is 10.2. The van der Waals surface area contributed by atoms with Gasteiger partial charge in [0.2, 0.25) is 11.0 Å². The van der Waals surface area contributed by atoms with Crippen LogP contribution in [0, 0.1) is 0 Å². The van der Waals surface area contributed by atoms with E-state index in [2.05, 4.69) is 15.5 Å². The SMILES string of the molecule is COc1ccc(S(=O)(=O)N(CC(=O)Nc2nnc(-c3ccc(Cl)cc3)s2)c2ccccc2OC)cc1. The maximum Gasteiger partial charge on any atom is 0.264 e. The van der Waals surface area contributed by atoms with E-state index in [0.29, 0.717) is 21.5 Å². The standard InChI is InChI=1S/C24H21ClN4O5S2/c1-33-18-11-13-19(14-12-18)36(31,32)29(20-5-3-4-6-21(20)34-2)15-22(30)26-24-28-27-23(35-24)16-7-9-17(25)10-8-16/h3-14H,15H2,1-2H3,(H,26,28,30). The second kappa shape index (κ2) is 10.9. The first-order chi connectivity index (χ1) is 17.3. The zero-order chi connectivity index (χ0) is 25.7. The van der Waals surface area contributed by atoms with E-state index in [1.54, 1.807) is 48.5 Å². The molecule has 4 aromatic rings. The maximum atomic E-state index is 13.6. The van der Waals surface area contributed by atoms with Crippen molar-refractivity contribution >= 4 is 49.7 Å². The number of amides is 1. The number of ether oxygens (including phenoxy) is 2. The molecule has 1 amide bonds. The highest BCUT2D eigenvalue weighted by Gasteiger charge is 2.29. The molecule has 0 aliphatic heterocycles. The van der Waals surface area contributed by atoms with Crippen LogP contribution in [0.4, 0.5) is 10.8 Å². The molecule has 36 heavy (non-hydrogen) atoms. The average molecular weight is 545 g/mol. The van der Waals surface area contributed by atoms with Crippen molar-refractivity contribution in [3.05, 3.63) is 77.8 Å². The number of nitrogens with one attached hydrogen (secondary N) is 1. The number of carbonyl (C=O) groups is 1. The van der Waals surface area contributed by atoms with Crippen LogP contribution in [0.5, 0.6) is 11.5 Å². The van der Waals surface area contributed by atoms with Crippen LogP contribution >= 0.6 is 22.9 Å². The van der Waals surface area contributed by atoms with Crippen LogP contribution in [0.25, 0.3) is 10.6 Å². The third-order valence-corrected chi connectivity index (χ3v) is 7.96. The topological polar surface area (TPSA) is 111 Å². The fourth-order valence-electron chi connectivity index (χ4n) is 3.28. The first kappa shape index (κ1) is 25.4. The second-order valence-electron chi connectivity index (χ2n) is 7.33. The van der Waals surface area contributed by atoms with Crippen LogP contribution in [-0.4, -0.2) is 45.3 Å². The smallest absolute Gasteiger partial charge is 0.264 e. The lowest BCUT2D eigenvalue weighted by Crippen LogP contribution is -2.38. The number of nitrogens with zero attached hydrogens (tertiary/aromatic N) is 3. The van der Waals surface area contributed by atoms with Gasteiger partial charge in [0.15, 0.2) is 0 Å². The molecule has 1 N–H and O–H groups in total. The third kappa shape index (κ3) is 5.59. The van der Waals surface area contributed by atoms with Gasteiger partial charge in [-0.05, 0) is 48.5 Å². The number of carbonyl (C=O) groups excluding carboxylic acids is 1. The van der Waals surface area contributed by atoms with Crippen LogP contribution in [0.15, 0.2) is 77.7 Å². The highest BCUT2D eigenvalue weighted by Crippen LogP contribution is 2.33. The molecule has 0 aliphatic carbocycles. The zero-order valence-electron chi connectivity index (χ0n) is 19.2. The van der Waals surface area contributed by atoms with Crippen molar-refractivity contribution < 1.29 is 22.7 Å². The molecule has 0 aliphatic rings. The van der Waals surface area contributed by atoms with Gasteiger partial charge in [-0.25, -0.2) is 8.42 Å². The lowest BCUT2D eigenvalue weighted by molar-refractivity contribution is -0.114. The van der Waals surface area contributed by atoms with Crippen LogP contribution in [0.2, 0.25) is 5.02 Å². The Kier molecular flexibility index (Phi) is 7.73. The Balaban J connectivity index is 1.62. The van der Waals surface area contributed by atoms with Gasteiger partial charge < -0.3 is 9.47 Å². The number of hydrogen-bond acceptors (Lipinski definition) is 8. The molecule has 4 rings (SSSR count). The molecule has 0 atom stereocenters. The number of anilines is 2. The van der Waals surface area contributed by atoms with Gasteiger partial charge in [-0.1, -0.05) is 47.2 Å².